The van der Waals surface area contributed by atoms with Gasteiger partial charge >= 0.3 is 0 Å². The summed E-state index contributed by atoms with van der Waals surface area (Å²) in [6.07, 6.45) is 1.38. The van der Waals surface area contributed by atoms with E-state index in [9.17, 15) is 8.42 Å². The molecule has 5 nitrogen and oxygen atoms in total. The lowest BCUT2D eigenvalue weighted by Crippen LogP contribution is -2.12. The number of rotatable bonds is 3. The minimum absolute atomic E-state index is 0.164. The third kappa shape index (κ3) is 3.27. The highest BCUT2D eigenvalue weighted by Gasteiger charge is 2.15. The molecule has 1 aromatic carbocycles. The number of hydrogen-bond acceptors (Lipinski definition) is 3. The van der Waals surface area contributed by atoms with Crippen LogP contribution in [0.5, 0.6) is 0 Å². The second kappa shape index (κ2) is 5.13. The molecule has 0 fully saturated rings. The lowest BCUT2D eigenvalue weighted by molar-refractivity contribution is 0.594. The molecule has 0 saturated heterocycles. The Morgan fingerprint density at radius 1 is 1.37 bits per heavy atom. The van der Waals surface area contributed by atoms with Gasteiger partial charge in [0.25, 0.3) is 10.0 Å². The molecule has 0 amide bonds. The van der Waals surface area contributed by atoms with Crippen LogP contribution in [-0.4, -0.2) is 18.0 Å². The quantitative estimate of drug-likeness (QED) is 0.941. The molecule has 1 aromatic heterocycles. The molecule has 0 bridgehead atoms. The smallest absolute Gasteiger partial charge is 0.257 e. The molecule has 19 heavy (non-hydrogen) atoms. The van der Waals surface area contributed by atoms with E-state index in [1.165, 1.54) is 6.20 Å². The molecule has 0 aliphatic carbocycles. The van der Waals surface area contributed by atoms with Crippen LogP contribution in [-0.2, 0) is 16.6 Å². The zero-order valence-corrected chi connectivity index (χ0v) is 12.3. The minimum Gasteiger partial charge on any atom is -0.329 e. The lowest BCUT2D eigenvalue weighted by Gasteiger charge is -2.07. The summed E-state index contributed by atoms with van der Waals surface area (Å²) in [5.41, 5.74) is 0.774. The normalized spacial score (nSPS) is 11.8. The Bertz CT molecular complexity index is 726. The number of primary sulfonamides is 1. The van der Waals surface area contributed by atoms with E-state index in [1.807, 2.05) is 0 Å². The van der Waals surface area contributed by atoms with Crippen LogP contribution in [0.4, 0.5) is 0 Å². The van der Waals surface area contributed by atoms with Crippen LogP contribution >= 0.6 is 23.2 Å². The fourth-order valence-electron chi connectivity index (χ4n) is 1.62. The fraction of sp³-hybridized carbons (Fsp3) is 0.182. The molecule has 8 heteroatoms. The molecule has 0 radical (unpaired) electrons. The van der Waals surface area contributed by atoms with Crippen LogP contribution in [0.2, 0.25) is 10.0 Å². The van der Waals surface area contributed by atoms with Gasteiger partial charge in [-0.25, -0.2) is 18.5 Å². The monoisotopic (exact) mass is 319 g/mol. The first-order chi connectivity index (χ1) is 8.77. The Morgan fingerprint density at radius 2 is 2.05 bits per heavy atom. The van der Waals surface area contributed by atoms with E-state index in [0.29, 0.717) is 22.4 Å². The summed E-state index contributed by atoms with van der Waals surface area (Å²) in [6.45, 7) is 2.06. The highest BCUT2D eigenvalue weighted by atomic mass is 35.5. The summed E-state index contributed by atoms with van der Waals surface area (Å²) in [7, 11) is -3.81. The molecule has 0 spiro atoms. The van der Waals surface area contributed by atoms with Crippen LogP contribution in [0.25, 0.3) is 0 Å². The van der Waals surface area contributed by atoms with Crippen molar-refractivity contribution in [3.63, 3.8) is 0 Å². The van der Waals surface area contributed by atoms with Crippen molar-refractivity contribution in [2.45, 2.75) is 18.5 Å². The largest absolute Gasteiger partial charge is 0.329 e. The molecule has 0 unspecified atom stereocenters. The first kappa shape index (κ1) is 14.3. The van der Waals surface area contributed by atoms with E-state index < -0.39 is 10.0 Å². The third-order valence-corrected chi connectivity index (χ3v) is 3.98. The van der Waals surface area contributed by atoms with Gasteiger partial charge in [-0.05, 0) is 30.7 Å². The van der Waals surface area contributed by atoms with Crippen molar-refractivity contribution in [2.24, 2.45) is 5.14 Å². The van der Waals surface area contributed by atoms with Crippen molar-refractivity contribution in [1.82, 2.24) is 9.55 Å². The van der Waals surface area contributed by atoms with Crippen LogP contribution in [0, 0.1) is 6.92 Å². The molecule has 0 aliphatic rings. The molecular formula is C11H11Cl2N3O2S. The number of nitrogens with zero attached hydrogens (tertiary/aromatic N) is 2. The second-order valence-corrected chi connectivity index (χ2v) is 6.39. The van der Waals surface area contributed by atoms with Crippen molar-refractivity contribution in [3.05, 3.63) is 45.8 Å². The SMILES string of the molecule is Cc1nc(S(N)(=O)=O)cn1Cc1cc(Cl)ccc1Cl. The Morgan fingerprint density at radius 3 is 2.63 bits per heavy atom. The van der Waals surface area contributed by atoms with Gasteiger partial charge in [-0.3, -0.25) is 0 Å². The van der Waals surface area contributed by atoms with Gasteiger partial charge in [0.05, 0.1) is 6.54 Å². The molecule has 2 aromatic rings. The van der Waals surface area contributed by atoms with Crippen molar-refractivity contribution in [2.75, 3.05) is 0 Å². The lowest BCUT2D eigenvalue weighted by atomic mass is 10.2. The number of aromatic nitrogens is 2. The Kier molecular flexibility index (Phi) is 3.87. The van der Waals surface area contributed by atoms with E-state index in [1.54, 1.807) is 29.7 Å². The van der Waals surface area contributed by atoms with E-state index in [4.69, 9.17) is 28.3 Å². The van der Waals surface area contributed by atoms with Crippen LogP contribution in [0.3, 0.4) is 0 Å². The van der Waals surface area contributed by atoms with Crippen molar-refractivity contribution >= 4 is 33.2 Å². The van der Waals surface area contributed by atoms with Gasteiger partial charge in [-0.2, -0.15) is 0 Å². The van der Waals surface area contributed by atoms with Gasteiger partial charge < -0.3 is 4.57 Å². The van der Waals surface area contributed by atoms with Gasteiger partial charge in [-0.1, -0.05) is 23.2 Å². The Balaban J connectivity index is 2.39. The number of imidazole rings is 1. The molecule has 102 valence electrons. The molecular weight excluding hydrogens is 309 g/mol. The zero-order valence-electron chi connectivity index (χ0n) is 9.97. The predicted octanol–water partition coefficient (Wildman–Crippen LogP) is 2.19. The molecule has 1 heterocycles. The minimum atomic E-state index is -3.81. The predicted molar refractivity (Wildman–Crippen MR) is 73.9 cm³/mol. The fourth-order valence-corrected chi connectivity index (χ4v) is 2.53. The maximum atomic E-state index is 11.2. The number of halogens is 2. The van der Waals surface area contributed by atoms with Crippen LogP contribution in [0.15, 0.2) is 29.4 Å². The summed E-state index contributed by atoms with van der Waals surface area (Å²) >= 11 is 12.0. The average Bonchev–Trinajstić information content (AvgIpc) is 2.65. The second-order valence-electron chi connectivity index (χ2n) is 4.03. The third-order valence-electron chi connectivity index (χ3n) is 2.59. The summed E-state index contributed by atoms with van der Waals surface area (Å²) < 4.78 is 24.1. The number of aryl methyl sites for hydroxylation is 1. The zero-order chi connectivity index (χ0) is 14.2. The van der Waals surface area contributed by atoms with Gasteiger partial charge in [0.15, 0.2) is 5.03 Å². The number of nitrogens with two attached hydrogens (primary N) is 1. The van der Waals surface area contributed by atoms with Gasteiger partial charge in [0, 0.05) is 16.2 Å². The van der Waals surface area contributed by atoms with Crippen LogP contribution < -0.4 is 5.14 Å². The van der Waals surface area contributed by atoms with E-state index in [-0.39, 0.29) is 5.03 Å². The van der Waals surface area contributed by atoms with Gasteiger partial charge in [-0.15, -0.1) is 0 Å². The first-order valence-corrected chi connectivity index (χ1v) is 7.58. The highest BCUT2D eigenvalue weighted by Crippen LogP contribution is 2.22. The number of sulfonamides is 1. The molecule has 0 atom stereocenters. The van der Waals surface area contributed by atoms with Crippen molar-refractivity contribution in [1.29, 1.82) is 0 Å². The average molecular weight is 320 g/mol. The maximum absolute atomic E-state index is 11.2. The van der Waals surface area contributed by atoms with Gasteiger partial charge in [0.1, 0.15) is 5.82 Å². The summed E-state index contributed by atoms with van der Waals surface area (Å²) in [5.74, 6) is 0.528. The molecule has 0 aliphatic heterocycles. The van der Waals surface area contributed by atoms with Gasteiger partial charge in [0.2, 0.25) is 0 Å². The van der Waals surface area contributed by atoms with E-state index in [2.05, 4.69) is 4.98 Å². The Hall–Kier alpha value is -1.08. The molecule has 2 N–H and O–H groups in total. The Labute approximate surface area is 121 Å². The topological polar surface area (TPSA) is 78.0 Å². The summed E-state index contributed by atoms with van der Waals surface area (Å²) in [6, 6.07) is 5.09. The molecule has 0 saturated carbocycles. The maximum Gasteiger partial charge on any atom is 0.257 e. The highest BCUT2D eigenvalue weighted by molar-refractivity contribution is 7.89. The van der Waals surface area contributed by atoms with Crippen molar-refractivity contribution < 1.29 is 8.42 Å². The summed E-state index contributed by atoms with van der Waals surface area (Å²) in [5, 5.41) is 5.98. The standard InChI is InChI=1S/C11H11Cl2N3O2S/c1-7-15-11(19(14,17)18)6-16(7)5-8-4-9(12)2-3-10(8)13/h2-4,6H,5H2,1H3,(H2,14,17,18). The summed E-state index contributed by atoms with van der Waals surface area (Å²) in [4.78, 5) is 3.90. The number of benzene rings is 1. The molecule has 2 rings (SSSR count). The number of hydrogen-bond donors (Lipinski definition) is 1. The van der Waals surface area contributed by atoms with E-state index >= 15 is 0 Å². The first-order valence-electron chi connectivity index (χ1n) is 5.28. The van der Waals surface area contributed by atoms with Crippen LogP contribution in [0.1, 0.15) is 11.4 Å². The van der Waals surface area contributed by atoms with Crippen molar-refractivity contribution in [3.8, 4) is 0 Å². The van der Waals surface area contributed by atoms with E-state index in [0.717, 1.165) is 5.56 Å².